The van der Waals surface area contributed by atoms with Gasteiger partial charge in [-0.3, -0.25) is 4.68 Å². The second-order valence-corrected chi connectivity index (χ2v) is 5.32. The van der Waals surface area contributed by atoms with E-state index in [0.29, 0.717) is 10.6 Å². The van der Waals surface area contributed by atoms with Crippen LogP contribution in [0.2, 0.25) is 0 Å². The van der Waals surface area contributed by atoms with E-state index in [9.17, 15) is 0 Å². The van der Waals surface area contributed by atoms with Crippen molar-refractivity contribution >= 4 is 12.2 Å². The van der Waals surface area contributed by atoms with E-state index in [-0.39, 0.29) is 0 Å². The SMILES string of the molecule is Cn1cc(-c2cc(=S)nc(C3CCCC3)[nH]2)cn1. The molecule has 2 aromatic rings. The molecular weight excluding hydrogens is 244 g/mol. The standard InChI is InChI=1S/C13H16N4S/c1-17-8-10(7-14-17)11-6-12(18)16-13(15-11)9-4-2-3-5-9/h6-9H,2-5H2,1H3,(H,15,16,18). The minimum Gasteiger partial charge on any atom is -0.343 e. The van der Waals surface area contributed by atoms with Crippen LogP contribution in [0.25, 0.3) is 11.3 Å². The second-order valence-electron chi connectivity index (χ2n) is 4.90. The Morgan fingerprint density at radius 3 is 2.83 bits per heavy atom. The monoisotopic (exact) mass is 260 g/mol. The fourth-order valence-electron chi connectivity index (χ4n) is 2.58. The molecule has 4 nitrogen and oxygen atoms in total. The van der Waals surface area contributed by atoms with E-state index in [0.717, 1.165) is 17.1 Å². The molecule has 1 fully saturated rings. The average molecular weight is 260 g/mol. The maximum absolute atomic E-state index is 5.27. The smallest absolute Gasteiger partial charge is 0.130 e. The largest absolute Gasteiger partial charge is 0.343 e. The lowest BCUT2D eigenvalue weighted by Gasteiger charge is -2.10. The van der Waals surface area contributed by atoms with Crippen LogP contribution >= 0.6 is 12.2 Å². The molecule has 0 spiro atoms. The molecule has 1 N–H and O–H groups in total. The zero-order valence-electron chi connectivity index (χ0n) is 10.4. The molecule has 0 saturated heterocycles. The van der Waals surface area contributed by atoms with Crippen molar-refractivity contribution < 1.29 is 0 Å². The van der Waals surface area contributed by atoms with Crippen LogP contribution in [0.15, 0.2) is 18.5 Å². The number of rotatable bonds is 2. The first-order valence-electron chi connectivity index (χ1n) is 6.32. The van der Waals surface area contributed by atoms with E-state index >= 15 is 0 Å². The number of aromatic amines is 1. The summed E-state index contributed by atoms with van der Waals surface area (Å²) >= 11 is 5.27. The molecule has 3 rings (SSSR count). The molecule has 1 saturated carbocycles. The molecule has 0 atom stereocenters. The van der Waals surface area contributed by atoms with Gasteiger partial charge in [-0.2, -0.15) is 5.10 Å². The Kier molecular flexibility index (Phi) is 2.99. The first-order chi connectivity index (χ1) is 8.72. The summed E-state index contributed by atoms with van der Waals surface area (Å²) < 4.78 is 2.46. The van der Waals surface area contributed by atoms with E-state index in [1.165, 1.54) is 25.7 Å². The summed E-state index contributed by atoms with van der Waals surface area (Å²) in [7, 11) is 1.91. The number of hydrogen-bond donors (Lipinski definition) is 1. The van der Waals surface area contributed by atoms with Gasteiger partial charge >= 0.3 is 0 Å². The maximum Gasteiger partial charge on any atom is 0.130 e. The van der Waals surface area contributed by atoms with E-state index in [4.69, 9.17) is 12.2 Å². The number of H-pyrrole nitrogens is 1. The number of nitrogens with one attached hydrogen (secondary N) is 1. The van der Waals surface area contributed by atoms with Gasteiger partial charge in [-0.05, 0) is 18.9 Å². The van der Waals surface area contributed by atoms with Crippen molar-refractivity contribution in [1.29, 1.82) is 0 Å². The number of aromatic nitrogens is 4. The van der Waals surface area contributed by atoms with Crippen LogP contribution in [0, 0.1) is 4.64 Å². The molecule has 0 bridgehead atoms. The summed E-state index contributed by atoms with van der Waals surface area (Å²) in [6.45, 7) is 0. The van der Waals surface area contributed by atoms with Crippen molar-refractivity contribution in [2.75, 3.05) is 0 Å². The lowest BCUT2D eigenvalue weighted by molar-refractivity contribution is 0.667. The lowest BCUT2D eigenvalue weighted by Crippen LogP contribution is -2.01. The van der Waals surface area contributed by atoms with Gasteiger partial charge in [0.1, 0.15) is 10.5 Å². The molecule has 1 aliphatic carbocycles. The van der Waals surface area contributed by atoms with Gasteiger partial charge in [0.2, 0.25) is 0 Å². The van der Waals surface area contributed by atoms with Crippen LogP contribution < -0.4 is 0 Å². The van der Waals surface area contributed by atoms with E-state index in [2.05, 4.69) is 15.1 Å². The Bertz CT molecular complexity index is 607. The predicted octanol–water partition coefficient (Wildman–Crippen LogP) is 3.20. The van der Waals surface area contributed by atoms with Crippen molar-refractivity contribution in [3.05, 3.63) is 28.9 Å². The molecule has 94 valence electrons. The highest BCUT2D eigenvalue weighted by molar-refractivity contribution is 7.71. The maximum atomic E-state index is 5.27. The number of hydrogen-bond acceptors (Lipinski definition) is 3. The summed E-state index contributed by atoms with van der Waals surface area (Å²) in [6, 6.07) is 1.91. The zero-order chi connectivity index (χ0) is 12.5. The van der Waals surface area contributed by atoms with Gasteiger partial charge in [-0.25, -0.2) is 4.98 Å². The average Bonchev–Trinajstić information content (AvgIpc) is 2.98. The van der Waals surface area contributed by atoms with Gasteiger partial charge in [-0.1, -0.05) is 25.1 Å². The summed E-state index contributed by atoms with van der Waals surface area (Å²) in [5.74, 6) is 1.59. The van der Waals surface area contributed by atoms with Crippen LogP contribution in [0.4, 0.5) is 0 Å². The predicted molar refractivity (Wildman–Crippen MR) is 72.8 cm³/mol. The Labute approximate surface area is 111 Å². The highest BCUT2D eigenvalue weighted by Crippen LogP contribution is 2.32. The molecule has 1 aliphatic rings. The first-order valence-corrected chi connectivity index (χ1v) is 6.73. The molecule has 2 aromatic heterocycles. The summed E-state index contributed by atoms with van der Waals surface area (Å²) in [6.07, 6.45) is 8.86. The molecule has 18 heavy (non-hydrogen) atoms. The molecular formula is C13H16N4S. The van der Waals surface area contributed by atoms with Gasteiger partial charge < -0.3 is 4.98 Å². The minimum atomic E-state index is 0.545. The Morgan fingerprint density at radius 2 is 2.17 bits per heavy atom. The second kappa shape index (κ2) is 4.65. The van der Waals surface area contributed by atoms with Crippen LogP contribution in [-0.2, 0) is 7.05 Å². The van der Waals surface area contributed by atoms with Crippen molar-refractivity contribution in [3.63, 3.8) is 0 Å². The van der Waals surface area contributed by atoms with E-state index in [1.54, 1.807) is 4.68 Å². The Hall–Kier alpha value is -1.49. The molecule has 0 amide bonds. The van der Waals surface area contributed by atoms with Gasteiger partial charge in [0, 0.05) is 24.7 Å². The summed E-state index contributed by atoms with van der Waals surface area (Å²) in [5, 5.41) is 4.19. The third-order valence-corrected chi connectivity index (χ3v) is 3.73. The molecule has 2 heterocycles. The first kappa shape index (κ1) is 11.6. The normalized spacial score (nSPS) is 16.3. The van der Waals surface area contributed by atoms with Gasteiger partial charge in [0.25, 0.3) is 0 Å². The van der Waals surface area contributed by atoms with Crippen molar-refractivity contribution in [3.8, 4) is 11.3 Å². The van der Waals surface area contributed by atoms with Crippen molar-refractivity contribution in [2.24, 2.45) is 7.05 Å². The summed E-state index contributed by atoms with van der Waals surface area (Å²) in [5.41, 5.74) is 2.08. The van der Waals surface area contributed by atoms with Crippen molar-refractivity contribution in [2.45, 2.75) is 31.6 Å². The number of aryl methyl sites for hydroxylation is 1. The third-order valence-electron chi connectivity index (χ3n) is 3.52. The van der Waals surface area contributed by atoms with Gasteiger partial charge in [0.15, 0.2) is 0 Å². The van der Waals surface area contributed by atoms with Gasteiger partial charge in [-0.15, -0.1) is 0 Å². The lowest BCUT2D eigenvalue weighted by atomic mass is 10.1. The molecule has 0 radical (unpaired) electrons. The van der Waals surface area contributed by atoms with Crippen LogP contribution in [0.1, 0.15) is 37.4 Å². The fourth-order valence-corrected chi connectivity index (χ4v) is 2.80. The van der Waals surface area contributed by atoms with Crippen LogP contribution in [0.3, 0.4) is 0 Å². The highest BCUT2D eigenvalue weighted by Gasteiger charge is 2.19. The Morgan fingerprint density at radius 1 is 1.39 bits per heavy atom. The molecule has 0 unspecified atom stereocenters. The number of nitrogens with zero attached hydrogens (tertiary/aromatic N) is 3. The van der Waals surface area contributed by atoms with Crippen LogP contribution in [0.5, 0.6) is 0 Å². The zero-order valence-corrected chi connectivity index (χ0v) is 11.2. The third kappa shape index (κ3) is 2.22. The topological polar surface area (TPSA) is 46.5 Å². The Balaban J connectivity index is 2.02. The quantitative estimate of drug-likeness (QED) is 0.843. The van der Waals surface area contributed by atoms with E-state index < -0.39 is 0 Å². The molecule has 0 aromatic carbocycles. The minimum absolute atomic E-state index is 0.545. The summed E-state index contributed by atoms with van der Waals surface area (Å²) in [4.78, 5) is 7.91. The fraction of sp³-hybridized carbons (Fsp3) is 0.462. The van der Waals surface area contributed by atoms with Gasteiger partial charge in [0.05, 0.1) is 11.9 Å². The highest BCUT2D eigenvalue weighted by atomic mass is 32.1. The van der Waals surface area contributed by atoms with E-state index in [1.807, 2.05) is 25.5 Å². The van der Waals surface area contributed by atoms with Crippen molar-refractivity contribution in [1.82, 2.24) is 19.7 Å². The molecule has 5 heteroatoms. The molecule has 0 aliphatic heterocycles. The van der Waals surface area contributed by atoms with Crippen LogP contribution in [-0.4, -0.2) is 19.7 Å².